The quantitative estimate of drug-likeness (QED) is 0.559. The predicted molar refractivity (Wildman–Crippen MR) is 51.8 cm³/mol. The Morgan fingerprint density at radius 2 is 2.10 bits per heavy atom. The van der Waals surface area contributed by atoms with Gasteiger partial charge in [0.05, 0.1) is 0 Å². The van der Waals surface area contributed by atoms with E-state index in [1.807, 2.05) is 11.8 Å². The van der Waals surface area contributed by atoms with Gasteiger partial charge >= 0.3 is 78.9 Å². The summed E-state index contributed by atoms with van der Waals surface area (Å²) in [7, 11) is 0. The van der Waals surface area contributed by atoms with Crippen LogP contribution in [0.3, 0.4) is 0 Å². The molecule has 0 unspecified atom stereocenters. The van der Waals surface area contributed by atoms with Crippen molar-refractivity contribution in [3.8, 4) is 0 Å². The van der Waals surface area contributed by atoms with E-state index in [4.69, 9.17) is 5.73 Å². The van der Waals surface area contributed by atoms with Crippen LogP contribution < -0.4 is 5.73 Å². The van der Waals surface area contributed by atoms with Crippen molar-refractivity contribution in [2.45, 2.75) is 23.7 Å². The molecule has 2 N–H and O–H groups in total. The van der Waals surface area contributed by atoms with Crippen LogP contribution in [0, 0.1) is 0 Å². The molecule has 0 heterocycles. The van der Waals surface area contributed by atoms with Gasteiger partial charge in [-0.25, -0.2) is 0 Å². The van der Waals surface area contributed by atoms with E-state index in [2.05, 4.69) is 6.26 Å². The van der Waals surface area contributed by atoms with Crippen molar-refractivity contribution < 1.29 is 0 Å². The van der Waals surface area contributed by atoms with E-state index in [1.54, 1.807) is 4.44 Å². The molecule has 0 aromatic heterocycles. The molecule has 0 saturated carbocycles. The average molecular weight is 266 g/mol. The van der Waals surface area contributed by atoms with Crippen LogP contribution in [0.4, 0.5) is 0 Å². The summed E-state index contributed by atoms with van der Waals surface area (Å²) in [6.45, 7) is 0.883. The Morgan fingerprint density at radius 1 is 1.30 bits per heavy atom. The first-order chi connectivity index (χ1) is 4.91. The van der Waals surface area contributed by atoms with Crippen LogP contribution in [-0.4, -0.2) is 37.7 Å². The molecular weight excluding hydrogens is 249 g/mol. The number of hydrogen-bond donors (Lipinski definition) is 1. The minimum absolute atomic E-state index is 0.0646. The Morgan fingerprint density at radius 3 is 2.70 bits per heavy atom. The maximum atomic E-state index is 5.38. The van der Waals surface area contributed by atoms with E-state index in [9.17, 15) is 0 Å². The van der Waals surface area contributed by atoms with E-state index < -0.39 is 0 Å². The van der Waals surface area contributed by atoms with Gasteiger partial charge in [-0.3, -0.25) is 0 Å². The van der Waals surface area contributed by atoms with Crippen molar-refractivity contribution in [1.29, 1.82) is 0 Å². The maximum absolute atomic E-state index is 5.38. The van der Waals surface area contributed by atoms with Crippen molar-refractivity contribution in [3.05, 3.63) is 0 Å². The summed E-state index contributed by atoms with van der Waals surface area (Å²) in [5.41, 5.74) is 5.38. The van der Waals surface area contributed by atoms with Crippen molar-refractivity contribution in [2.24, 2.45) is 5.73 Å². The van der Waals surface area contributed by atoms with Crippen LogP contribution in [0.2, 0.25) is 4.44 Å². The summed E-state index contributed by atoms with van der Waals surface area (Å²) in [6.07, 6.45) is 6.26. The van der Waals surface area contributed by atoms with E-state index in [0.29, 0.717) is 0 Å². The molecule has 0 atom stereocenters. The molecule has 3 heteroatoms. The second kappa shape index (κ2) is 10.1. The standard InChI is InChI=1S/C5H12N.C2H5S.Sn/c1-2-3-4-5-6;1-3-2;/h1-6H2;1H2,2H3;. The Hall–Kier alpha value is 1.11. The topological polar surface area (TPSA) is 26.0 Å². The molecule has 0 aliphatic rings. The molecule has 10 heavy (non-hydrogen) atoms. The molecule has 0 aliphatic carbocycles. The van der Waals surface area contributed by atoms with Crippen LogP contribution in [0.15, 0.2) is 0 Å². The van der Waals surface area contributed by atoms with Crippen molar-refractivity contribution in [2.75, 3.05) is 16.6 Å². The predicted octanol–water partition coefficient (Wildman–Crippen LogP) is 1.56. The van der Waals surface area contributed by atoms with Crippen LogP contribution >= 0.6 is 11.8 Å². The zero-order chi connectivity index (χ0) is 7.66. The zero-order valence-electron chi connectivity index (χ0n) is 6.73. The van der Waals surface area contributed by atoms with E-state index in [1.165, 1.54) is 23.0 Å². The van der Waals surface area contributed by atoms with Crippen LogP contribution in [0.25, 0.3) is 0 Å². The van der Waals surface area contributed by atoms with Gasteiger partial charge < -0.3 is 0 Å². The zero-order valence-corrected chi connectivity index (χ0v) is 10.4. The number of rotatable bonds is 7. The van der Waals surface area contributed by atoms with Crippen molar-refractivity contribution in [1.82, 2.24) is 0 Å². The fraction of sp³-hybridized carbons (Fsp3) is 1.00. The summed E-state index contributed by atoms with van der Waals surface area (Å²) >= 11 is 2.08. The number of unbranched alkanes of at least 4 members (excludes halogenated alkanes) is 2. The Labute approximate surface area is 78.7 Å². The molecule has 0 bridgehead atoms. The van der Waals surface area contributed by atoms with Gasteiger partial charge in [0.2, 0.25) is 0 Å². The number of hydrogen-bond acceptors (Lipinski definition) is 2. The Bertz CT molecular complexity index is 53.6. The number of thioether (sulfide) groups is 1. The summed E-state index contributed by atoms with van der Waals surface area (Å²) in [6, 6.07) is 0. The second-order valence-corrected chi connectivity index (χ2v) is 8.47. The molecule has 0 spiro atoms. The molecule has 0 aliphatic heterocycles. The molecule has 2 radical (unpaired) electrons. The van der Waals surface area contributed by atoms with Gasteiger partial charge in [0.25, 0.3) is 0 Å². The first-order valence-electron chi connectivity index (χ1n) is 3.81. The van der Waals surface area contributed by atoms with Gasteiger partial charge in [-0.1, -0.05) is 0 Å². The van der Waals surface area contributed by atoms with Gasteiger partial charge in [-0.05, 0) is 0 Å². The minimum atomic E-state index is 0.0646. The molecule has 0 rings (SSSR count). The summed E-state index contributed by atoms with van der Waals surface area (Å²) in [4.78, 5) is 0. The fourth-order valence-electron chi connectivity index (χ4n) is 0.745. The third-order valence-electron chi connectivity index (χ3n) is 1.30. The van der Waals surface area contributed by atoms with Gasteiger partial charge in [-0.15, -0.1) is 0 Å². The SMILES string of the molecule is CS[CH2][Sn][CH2]CCCCN. The molecule has 0 aromatic carbocycles. The van der Waals surface area contributed by atoms with Crippen LogP contribution in [0.1, 0.15) is 19.3 Å². The van der Waals surface area contributed by atoms with Crippen LogP contribution in [0.5, 0.6) is 0 Å². The summed E-state index contributed by atoms with van der Waals surface area (Å²) < 4.78 is 3.05. The molecule has 0 saturated heterocycles. The summed E-state index contributed by atoms with van der Waals surface area (Å²) in [5, 5.41) is 0. The van der Waals surface area contributed by atoms with Gasteiger partial charge in [0.15, 0.2) is 0 Å². The van der Waals surface area contributed by atoms with E-state index in [0.717, 1.165) is 6.54 Å². The normalized spacial score (nSPS) is 10.2. The van der Waals surface area contributed by atoms with Crippen molar-refractivity contribution >= 4 is 32.9 Å². The monoisotopic (exact) mass is 267 g/mol. The van der Waals surface area contributed by atoms with Gasteiger partial charge in [-0.2, -0.15) is 0 Å². The van der Waals surface area contributed by atoms with E-state index >= 15 is 0 Å². The first kappa shape index (κ1) is 11.1. The number of nitrogens with two attached hydrogens (primary N) is 1. The van der Waals surface area contributed by atoms with Crippen LogP contribution in [-0.2, 0) is 0 Å². The molecule has 0 amide bonds. The van der Waals surface area contributed by atoms with Gasteiger partial charge in [0, 0.05) is 0 Å². The molecule has 60 valence electrons. The summed E-state index contributed by atoms with van der Waals surface area (Å²) in [5.74, 6) is 0. The third kappa shape index (κ3) is 9.11. The fourth-order valence-corrected chi connectivity index (χ4v) is 5.50. The van der Waals surface area contributed by atoms with E-state index in [-0.39, 0.29) is 21.1 Å². The van der Waals surface area contributed by atoms with Gasteiger partial charge in [0.1, 0.15) is 0 Å². The second-order valence-electron chi connectivity index (χ2n) is 2.28. The third-order valence-corrected chi connectivity index (χ3v) is 8.03. The van der Waals surface area contributed by atoms with Crippen molar-refractivity contribution in [3.63, 3.8) is 0 Å². The molecule has 1 nitrogen and oxygen atoms in total. The average Bonchev–Trinajstić information content (AvgIpc) is 1.97. The Kier molecular flexibility index (Phi) is 11.2. The Balaban J connectivity index is 2.65. The molecular formula is C7H17NSSn. The molecule has 0 fully saturated rings. The first-order valence-corrected chi connectivity index (χ1v) is 9.24. The molecule has 0 aromatic rings.